The number of hydrogen-bond donors (Lipinski definition) is 2. The molecule has 6 rings (SSSR count). The molecule has 1 aromatic carbocycles. The molecule has 3 aliphatic rings. The summed E-state index contributed by atoms with van der Waals surface area (Å²) in [5.41, 5.74) is 0.985. The monoisotopic (exact) mass is 626 g/mol. The van der Waals surface area contributed by atoms with Crippen molar-refractivity contribution < 1.29 is 18.0 Å². The average molecular weight is 627 g/mol. The van der Waals surface area contributed by atoms with Crippen molar-refractivity contribution in [2.45, 2.75) is 42.2 Å². The number of carbonyl (C=O) groups is 2. The number of fused-ring (bicyclic) bond motifs is 2. The summed E-state index contributed by atoms with van der Waals surface area (Å²) >= 11 is 9.76. The average Bonchev–Trinajstić information content (AvgIpc) is 3.64. The van der Waals surface area contributed by atoms with Gasteiger partial charge in [0.15, 0.2) is 5.01 Å². The number of halogens is 1. The SMILES string of the molecule is CN1CCc2nc(C(=O)N3CCN(S(=O)(=O)c4cc5ccc(Cl)cc5s4)CC3CCC3NSC(=O)N3)sc2C1. The molecule has 3 aromatic rings. The smallest absolute Gasteiger partial charge is 0.295 e. The zero-order chi connectivity index (χ0) is 27.3. The highest BCUT2D eigenvalue weighted by atomic mass is 35.5. The summed E-state index contributed by atoms with van der Waals surface area (Å²) in [7, 11) is -1.72. The van der Waals surface area contributed by atoms with Crippen molar-refractivity contribution >= 4 is 77.5 Å². The van der Waals surface area contributed by atoms with Gasteiger partial charge in [-0.2, -0.15) is 4.31 Å². The number of benzene rings is 1. The maximum atomic E-state index is 13.7. The summed E-state index contributed by atoms with van der Waals surface area (Å²) in [5.74, 6) is -0.159. The predicted octanol–water partition coefficient (Wildman–Crippen LogP) is 3.58. The summed E-state index contributed by atoms with van der Waals surface area (Å²) in [6.07, 6.45) is 1.66. The van der Waals surface area contributed by atoms with E-state index < -0.39 is 10.0 Å². The van der Waals surface area contributed by atoms with Gasteiger partial charge >= 0.3 is 0 Å². The molecule has 2 fully saturated rings. The van der Waals surface area contributed by atoms with Gasteiger partial charge in [0.25, 0.3) is 21.2 Å². The molecule has 5 heterocycles. The molecule has 2 aromatic heterocycles. The van der Waals surface area contributed by atoms with Crippen LogP contribution in [0.15, 0.2) is 28.5 Å². The molecule has 39 heavy (non-hydrogen) atoms. The first kappa shape index (κ1) is 27.4. The zero-order valence-electron chi connectivity index (χ0n) is 21.1. The largest absolute Gasteiger partial charge is 0.331 e. The Morgan fingerprint density at radius 2 is 2.03 bits per heavy atom. The normalized spacial score (nSPS) is 22.8. The Labute approximate surface area is 243 Å². The molecule has 0 radical (unpaired) electrons. The molecular weight excluding hydrogens is 600 g/mol. The number of sulfonamides is 1. The highest BCUT2D eigenvalue weighted by Gasteiger charge is 2.39. The van der Waals surface area contributed by atoms with E-state index in [-0.39, 0.29) is 47.2 Å². The lowest BCUT2D eigenvalue weighted by Gasteiger charge is -2.40. The van der Waals surface area contributed by atoms with Crippen LogP contribution >= 0.6 is 46.2 Å². The van der Waals surface area contributed by atoms with E-state index in [2.05, 4.69) is 27.0 Å². The van der Waals surface area contributed by atoms with E-state index in [1.165, 1.54) is 27.0 Å². The second-order valence-electron chi connectivity index (χ2n) is 9.92. The minimum Gasteiger partial charge on any atom is -0.331 e. The van der Waals surface area contributed by atoms with E-state index in [9.17, 15) is 18.0 Å². The minimum atomic E-state index is -3.78. The first-order valence-corrected chi connectivity index (χ1v) is 16.8. The first-order valence-electron chi connectivity index (χ1n) is 12.6. The quantitative estimate of drug-likeness (QED) is 0.399. The number of rotatable bonds is 6. The Bertz CT molecular complexity index is 1540. The lowest BCUT2D eigenvalue weighted by atomic mass is 10.1. The van der Waals surface area contributed by atoms with Crippen molar-refractivity contribution in [2.24, 2.45) is 0 Å². The number of carbonyl (C=O) groups excluding carboxylic acids is 2. The van der Waals surface area contributed by atoms with Crippen LogP contribution in [0.1, 0.15) is 33.2 Å². The highest BCUT2D eigenvalue weighted by molar-refractivity contribution is 8.12. The molecule has 0 spiro atoms. The molecule has 0 aliphatic carbocycles. The molecule has 2 saturated heterocycles. The standard InChI is InChI=1S/C24H27ClN6O4S4/c1-29-7-6-17-19(13-29)37-22(26-17)23(32)31-9-8-30(12-16(31)4-5-20-27-24(33)38-28-20)39(34,35)21-10-14-2-3-15(25)11-18(14)36-21/h2-3,10-11,16,20,28H,4-9,12-13H2,1H3,(H,27,33). The van der Waals surface area contributed by atoms with Crippen LogP contribution in [-0.2, 0) is 23.0 Å². The van der Waals surface area contributed by atoms with Gasteiger partial charge in [0.2, 0.25) is 0 Å². The van der Waals surface area contributed by atoms with Crippen LogP contribution < -0.4 is 10.0 Å². The fourth-order valence-corrected chi connectivity index (χ4v) is 10.2. The van der Waals surface area contributed by atoms with Gasteiger partial charge in [0.05, 0.1) is 11.9 Å². The second-order valence-corrected chi connectivity index (χ2v) is 15.5. The summed E-state index contributed by atoms with van der Waals surface area (Å²) in [5, 5.41) is 4.54. The number of piperazine rings is 1. The third kappa shape index (κ3) is 5.58. The van der Waals surface area contributed by atoms with Gasteiger partial charge in [-0.3, -0.25) is 9.59 Å². The molecule has 2 atom stereocenters. The fourth-order valence-electron chi connectivity index (χ4n) is 5.15. The molecular formula is C24H27ClN6O4S4. The van der Waals surface area contributed by atoms with Crippen LogP contribution in [0.3, 0.4) is 0 Å². The van der Waals surface area contributed by atoms with Gasteiger partial charge in [-0.1, -0.05) is 17.7 Å². The second kappa shape index (κ2) is 10.9. The van der Waals surface area contributed by atoms with E-state index in [0.29, 0.717) is 22.9 Å². The maximum Gasteiger partial charge on any atom is 0.295 e. The Balaban J connectivity index is 1.24. The number of amides is 2. The van der Waals surface area contributed by atoms with E-state index in [1.54, 1.807) is 23.1 Å². The third-order valence-corrected chi connectivity index (χ3v) is 12.7. The number of thiazole rings is 1. The molecule has 0 saturated carbocycles. The van der Waals surface area contributed by atoms with Gasteiger partial charge in [0, 0.05) is 71.7 Å². The Kier molecular flexibility index (Phi) is 7.65. The van der Waals surface area contributed by atoms with Crippen molar-refractivity contribution in [3.63, 3.8) is 0 Å². The number of aromatic nitrogens is 1. The fraction of sp³-hybridized carbons (Fsp3) is 0.458. The molecule has 3 aliphatic heterocycles. The van der Waals surface area contributed by atoms with Crippen LogP contribution in [0.25, 0.3) is 10.1 Å². The van der Waals surface area contributed by atoms with Crippen LogP contribution in [0.5, 0.6) is 0 Å². The van der Waals surface area contributed by atoms with Gasteiger partial charge in [-0.25, -0.2) is 18.1 Å². The zero-order valence-corrected chi connectivity index (χ0v) is 25.1. The van der Waals surface area contributed by atoms with Crippen LogP contribution in [-0.4, -0.2) is 84.1 Å². The van der Waals surface area contributed by atoms with Gasteiger partial charge in [-0.05, 0) is 43.5 Å². The molecule has 15 heteroatoms. The predicted molar refractivity (Wildman–Crippen MR) is 155 cm³/mol. The van der Waals surface area contributed by atoms with E-state index in [1.807, 2.05) is 6.07 Å². The van der Waals surface area contributed by atoms with Crippen molar-refractivity contribution in [1.82, 2.24) is 29.1 Å². The van der Waals surface area contributed by atoms with E-state index in [0.717, 1.165) is 52.1 Å². The lowest BCUT2D eigenvalue weighted by Crippen LogP contribution is -2.56. The van der Waals surface area contributed by atoms with E-state index >= 15 is 0 Å². The molecule has 0 bridgehead atoms. The number of thiophene rings is 1. The third-order valence-electron chi connectivity index (χ3n) is 7.24. The summed E-state index contributed by atoms with van der Waals surface area (Å²) in [6, 6.07) is 6.66. The van der Waals surface area contributed by atoms with Crippen LogP contribution in [0.4, 0.5) is 4.79 Å². The van der Waals surface area contributed by atoms with E-state index in [4.69, 9.17) is 11.6 Å². The number of nitrogens with zero attached hydrogens (tertiary/aromatic N) is 4. The highest BCUT2D eigenvalue weighted by Crippen LogP contribution is 2.34. The first-order chi connectivity index (χ1) is 18.7. The lowest BCUT2D eigenvalue weighted by molar-refractivity contribution is 0.0542. The van der Waals surface area contributed by atoms with Gasteiger partial charge < -0.3 is 15.1 Å². The van der Waals surface area contributed by atoms with Crippen molar-refractivity contribution in [3.8, 4) is 0 Å². The molecule has 208 valence electrons. The molecule has 2 amide bonds. The Morgan fingerprint density at radius 3 is 2.82 bits per heavy atom. The summed E-state index contributed by atoms with van der Waals surface area (Å²) in [4.78, 5) is 35.1. The van der Waals surface area contributed by atoms with Gasteiger partial charge in [0.1, 0.15) is 4.21 Å². The number of nitrogens with one attached hydrogen (secondary N) is 2. The summed E-state index contributed by atoms with van der Waals surface area (Å²) in [6.45, 7) is 2.32. The Morgan fingerprint density at radius 1 is 1.18 bits per heavy atom. The van der Waals surface area contributed by atoms with Crippen molar-refractivity contribution in [3.05, 3.63) is 44.9 Å². The number of hydrogen-bond acceptors (Lipinski definition) is 10. The van der Waals surface area contributed by atoms with Crippen molar-refractivity contribution in [2.75, 3.05) is 33.2 Å². The summed E-state index contributed by atoms with van der Waals surface area (Å²) < 4.78 is 33.0. The molecule has 2 unspecified atom stereocenters. The van der Waals surface area contributed by atoms with Crippen molar-refractivity contribution in [1.29, 1.82) is 0 Å². The Hall–Kier alpha value is -1.78. The number of likely N-dealkylation sites (N-methyl/N-ethyl adjacent to an activating group) is 1. The van der Waals surface area contributed by atoms with Crippen LogP contribution in [0.2, 0.25) is 5.02 Å². The van der Waals surface area contributed by atoms with Gasteiger partial charge in [-0.15, -0.1) is 22.7 Å². The topological polar surface area (TPSA) is 115 Å². The van der Waals surface area contributed by atoms with Crippen LogP contribution in [0, 0.1) is 0 Å². The maximum absolute atomic E-state index is 13.7. The minimum absolute atomic E-state index is 0.149. The molecule has 10 nitrogen and oxygen atoms in total. The molecule has 2 N–H and O–H groups in total.